The molecule has 0 fully saturated rings. The summed E-state index contributed by atoms with van der Waals surface area (Å²) in [6.07, 6.45) is 3.13. The highest BCUT2D eigenvalue weighted by Crippen LogP contribution is 2.30. The van der Waals surface area contributed by atoms with Gasteiger partial charge in [-0.05, 0) is 42.0 Å². The number of imide groups is 1. The minimum atomic E-state index is -0.482. The zero-order valence-corrected chi connectivity index (χ0v) is 15.6. The predicted molar refractivity (Wildman–Crippen MR) is 106 cm³/mol. The molecule has 3 aromatic rings. The number of phenols is 1. The highest BCUT2D eigenvalue weighted by molar-refractivity contribution is 6.31. The van der Waals surface area contributed by atoms with Gasteiger partial charge in [0, 0.05) is 29.4 Å². The zero-order valence-electron chi connectivity index (χ0n) is 15.6. The Morgan fingerprint density at radius 3 is 2.69 bits per heavy atom. The van der Waals surface area contributed by atoms with E-state index in [9.17, 15) is 14.7 Å². The number of nitrogens with one attached hydrogen (secondary N) is 2. The molecule has 3 N–H and O–H groups in total. The van der Waals surface area contributed by atoms with E-state index in [1.165, 1.54) is 7.11 Å². The summed E-state index contributed by atoms with van der Waals surface area (Å²) in [4.78, 5) is 24.6. The quantitative estimate of drug-likeness (QED) is 0.457. The van der Waals surface area contributed by atoms with Crippen molar-refractivity contribution >= 4 is 17.4 Å². The van der Waals surface area contributed by atoms with Gasteiger partial charge >= 0.3 is 0 Å². The minimum absolute atomic E-state index is 0.0360. The van der Waals surface area contributed by atoms with Crippen LogP contribution in [0.25, 0.3) is 16.9 Å². The normalized spacial score (nSPS) is 14.4. The molecule has 0 bridgehead atoms. The van der Waals surface area contributed by atoms with E-state index in [0.29, 0.717) is 34.8 Å². The Hall–Kier alpha value is -4.00. The first-order valence-electron chi connectivity index (χ1n) is 8.90. The van der Waals surface area contributed by atoms with Gasteiger partial charge in [-0.25, -0.2) is 0 Å². The van der Waals surface area contributed by atoms with Crippen LogP contribution >= 0.6 is 0 Å². The highest BCUT2D eigenvalue weighted by atomic mass is 16.5. The molecule has 0 unspecified atom stereocenters. The maximum Gasteiger partial charge on any atom is 0.260 e. The molecule has 2 aromatic carbocycles. The van der Waals surface area contributed by atoms with Crippen LogP contribution in [0.15, 0.2) is 65.4 Å². The molecule has 2 amide bonds. The van der Waals surface area contributed by atoms with Crippen LogP contribution in [0.2, 0.25) is 0 Å². The van der Waals surface area contributed by atoms with E-state index < -0.39 is 11.8 Å². The summed E-state index contributed by atoms with van der Waals surface area (Å²) in [6, 6.07) is 13.8. The highest BCUT2D eigenvalue weighted by Gasteiger charge is 2.27. The number of carbonyl (C=O) groups excluding carboxylic acids is 2. The second kappa shape index (κ2) is 7.55. The van der Waals surface area contributed by atoms with Gasteiger partial charge in [0.1, 0.15) is 5.76 Å². The number of fused-ring (bicyclic) bond motifs is 1. The van der Waals surface area contributed by atoms with Crippen molar-refractivity contribution in [2.45, 2.75) is 6.54 Å². The Labute approximate surface area is 166 Å². The molecule has 0 atom stereocenters. The van der Waals surface area contributed by atoms with Crippen molar-refractivity contribution < 1.29 is 23.8 Å². The van der Waals surface area contributed by atoms with E-state index in [4.69, 9.17) is 9.15 Å². The molecule has 1 aliphatic rings. The molecule has 0 aliphatic carbocycles. The van der Waals surface area contributed by atoms with Crippen LogP contribution in [0.3, 0.4) is 0 Å². The number of ether oxygens (including phenoxy) is 1. The summed E-state index contributed by atoms with van der Waals surface area (Å²) in [5.41, 5.74) is 2.85. The standard InChI is InChI=1S/C22H18N2O5/c1-28-20-7-4-13(9-18(20)25)11-23-12-17-16-10-14(19-3-2-8-29-19)5-6-15(16)21(26)24-22(17)27/h2-10,12,23,25H,11H2,1H3,(H,24,26,27). The summed E-state index contributed by atoms with van der Waals surface area (Å²) in [5.74, 6) is 0.148. The molecule has 0 saturated carbocycles. The van der Waals surface area contributed by atoms with Gasteiger partial charge in [0.25, 0.3) is 11.8 Å². The van der Waals surface area contributed by atoms with Gasteiger partial charge in [0.05, 0.1) is 18.9 Å². The third-order valence-electron chi connectivity index (χ3n) is 4.63. The van der Waals surface area contributed by atoms with Crippen LogP contribution in [-0.2, 0) is 11.3 Å². The molecule has 0 saturated heterocycles. The number of aromatic hydroxyl groups is 1. The number of furan rings is 1. The Morgan fingerprint density at radius 2 is 1.97 bits per heavy atom. The Kier molecular flexibility index (Phi) is 4.78. The Balaban J connectivity index is 1.62. The van der Waals surface area contributed by atoms with Crippen molar-refractivity contribution in [1.29, 1.82) is 0 Å². The number of benzene rings is 2. The van der Waals surface area contributed by atoms with E-state index in [0.717, 1.165) is 11.1 Å². The fraction of sp³-hybridized carbons (Fsp3) is 0.0909. The lowest BCUT2D eigenvalue weighted by atomic mass is 9.93. The summed E-state index contributed by atoms with van der Waals surface area (Å²) >= 11 is 0. The molecule has 7 heteroatoms. The average molecular weight is 390 g/mol. The number of hydrogen-bond acceptors (Lipinski definition) is 6. The summed E-state index contributed by atoms with van der Waals surface area (Å²) in [6.45, 7) is 0.371. The van der Waals surface area contributed by atoms with Gasteiger partial charge in [0.2, 0.25) is 0 Å². The first-order chi connectivity index (χ1) is 14.1. The van der Waals surface area contributed by atoms with Crippen LogP contribution < -0.4 is 15.4 Å². The van der Waals surface area contributed by atoms with Gasteiger partial charge < -0.3 is 19.6 Å². The lowest BCUT2D eigenvalue weighted by Gasteiger charge is -2.19. The van der Waals surface area contributed by atoms with Crippen LogP contribution in [-0.4, -0.2) is 24.0 Å². The van der Waals surface area contributed by atoms with Crippen LogP contribution in [0.5, 0.6) is 11.5 Å². The van der Waals surface area contributed by atoms with E-state index in [1.807, 2.05) is 6.07 Å². The molecule has 0 spiro atoms. The number of amides is 2. The summed E-state index contributed by atoms with van der Waals surface area (Å²) in [5, 5.41) is 15.3. The van der Waals surface area contributed by atoms with Crippen molar-refractivity contribution in [3.8, 4) is 22.8 Å². The third-order valence-corrected chi connectivity index (χ3v) is 4.63. The van der Waals surface area contributed by atoms with Gasteiger partial charge in [-0.1, -0.05) is 12.1 Å². The number of phenolic OH excluding ortho intramolecular Hbond substituents is 1. The second-order valence-corrected chi connectivity index (χ2v) is 6.47. The van der Waals surface area contributed by atoms with E-state index >= 15 is 0 Å². The maximum atomic E-state index is 12.4. The van der Waals surface area contributed by atoms with Gasteiger partial charge in [0.15, 0.2) is 11.5 Å². The largest absolute Gasteiger partial charge is 0.504 e. The third kappa shape index (κ3) is 3.58. The van der Waals surface area contributed by atoms with Crippen LogP contribution in [0.1, 0.15) is 21.5 Å². The minimum Gasteiger partial charge on any atom is -0.504 e. The lowest BCUT2D eigenvalue weighted by Crippen LogP contribution is -2.37. The Bertz CT molecular complexity index is 1120. The maximum absolute atomic E-state index is 12.4. The second-order valence-electron chi connectivity index (χ2n) is 6.47. The molecular weight excluding hydrogens is 372 g/mol. The number of rotatable bonds is 5. The topological polar surface area (TPSA) is 101 Å². The van der Waals surface area contributed by atoms with Gasteiger partial charge in [-0.3, -0.25) is 14.9 Å². The molecule has 146 valence electrons. The molecule has 29 heavy (non-hydrogen) atoms. The zero-order chi connectivity index (χ0) is 20.4. The Morgan fingerprint density at radius 1 is 1.10 bits per heavy atom. The molecule has 7 nitrogen and oxygen atoms in total. The number of hydrogen-bond donors (Lipinski definition) is 3. The first kappa shape index (κ1) is 18.4. The van der Waals surface area contributed by atoms with Gasteiger partial charge in [-0.15, -0.1) is 0 Å². The fourth-order valence-electron chi connectivity index (χ4n) is 3.18. The SMILES string of the molecule is COc1ccc(CNC=C2C(=O)NC(=O)c3ccc(-c4ccco4)cc32)cc1O. The number of carbonyl (C=O) groups is 2. The van der Waals surface area contributed by atoms with Crippen molar-refractivity contribution in [3.63, 3.8) is 0 Å². The van der Waals surface area contributed by atoms with Crippen LogP contribution in [0.4, 0.5) is 0 Å². The van der Waals surface area contributed by atoms with E-state index in [-0.39, 0.29) is 5.75 Å². The van der Waals surface area contributed by atoms with Crippen molar-refractivity contribution in [2.75, 3.05) is 7.11 Å². The van der Waals surface area contributed by atoms with Gasteiger partial charge in [-0.2, -0.15) is 0 Å². The van der Waals surface area contributed by atoms with E-state index in [1.54, 1.807) is 54.9 Å². The molecule has 1 aliphatic heterocycles. The molecule has 4 rings (SSSR count). The smallest absolute Gasteiger partial charge is 0.260 e. The molecule has 2 heterocycles. The van der Waals surface area contributed by atoms with Crippen LogP contribution in [0, 0.1) is 0 Å². The lowest BCUT2D eigenvalue weighted by molar-refractivity contribution is -0.114. The average Bonchev–Trinajstić information content (AvgIpc) is 3.25. The monoisotopic (exact) mass is 390 g/mol. The predicted octanol–water partition coefficient (Wildman–Crippen LogP) is 3.06. The van der Waals surface area contributed by atoms with Crippen molar-refractivity contribution in [2.24, 2.45) is 0 Å². The van der Waals surface area contributed by atoms with E-state index in [2.05, 4.69) is 10.6 Å². The summed E-state index contributed by atoms with van der Waals surface area (Å²) < 4.78 is 10.4. The molecule has 1 aromatic heterocycles. The van der Waals surface area contributed by atoms with Crippen molar-refractivity contribution in [1.82, 2.24) is 10.6 Å². The number of methoxy groups -OCH3 is 1. The molecule has 0 radical (unpaired) electrons. The first-order valence-corrected chi connectivity index (χ1v) is 8.90. The fourth-order valence-corrected chi connectivity index (χ4v) is 3.18. The molecular formula is C22H18N2O5. The summed E-state index contributed by atoms with van der Waals surface area (Å²) in [7, 11) is 1.48. The van der Waals surface area contributed by atoms with Crippen molar-refractivity contribution in [3.05, 3.63) is 77.7 Å².